The lowest BCUT2D eigenvalue weighted by atomic mass is 9.58. The molecule has 2 bridgehead atoms. The van der Waals surface area contributed by atoms with Crippen LogP contribution in [0.15, 0.2) is 30.3 Å². The quantitative estimate of drug-likeness (QED) is 0.600. The average Bonchev–Trinajstić information content (AvgIpc) is 2.99. The number of likely N-dealkylation sites (tertiary alicyclic amines) is 1. The zero-order chi connectivity index (χ0) is 19.4. The molecule has 3 fully saturated rings. The largest absolute Gasteiger partial charge is 0.463 e. The van der Waals surface area contributed by atoms with Gasteiger partial charge in [0.15, 0.2) is 0 Å². The highest BCUT2D eigenvalue weighted by Gasteiger charge is 2.82. The van der Waals surface area contributed by atoms with Crippen LogP contribution in [0.25, 0.3) is 0 Å². The second-order valence-corrected chi connectivity index (χ2v) is 8.89. The van der Waals surface area contributed by atoms with Gasteiger partial charge in [-0.2, -0.15) is 0 Å². The van der Waals surface area contributed by atoms with Gasteiger partial charge in [-0.25, -0.2) is 4.79 Å². The summed E-state index contributed by atoms with van der Waals surface area (Å²) in [4.78, 5) is 28.6. The Morgan fingerprint density at radius 1 is 1.26 bits per heavy atom. The van der Waals surface area contributed by atoms with Crippen LogP contribution in [0.4, 0.5) is 0 Å². The molecule has 0 radical (unpaired) electrons. The third-order valence-corrected chi connectivity index (χ3v) is 6.99. The fourth-order valence-corrected chi connectivity index (χ4v) is 5.73. The van der Waals surface area contributed by atoms with Crippen molar-refractivity contribution < 1.29 is 19.1 Å². The molecule has 1 aromatic carbocycles. The molecule has 2 saturated heterocycles. The van der Waals surface area contributed by atoms with Crippen LogP contribution in [-0.4, -0.2) is 34.7 Å². The Hall–Kier alpha value is -1.88. The topological polar surface area (TPSA) is 55.8 Å². The van der Waals surface area contributed by atoms with E-state index in [-0.39, 0.29) is 18.4 Å². The van der Waals surface area contributed by atoms with Gasteiger partial charge in [0.1, 0.15) is 5.72 Å². The van der Waals surface area contributed by atoms with Crippen molar-refractivity contribution in [2.45, 2.75) is 64.8 Å². The van der Waals surface area contributed by atoms with Crippen LogP contribution in [0.3, 0.4) is 0 Å². The number of fused-ring (bicyclic) bond motifs is 1. The summed E-state index contributed by atoms with van der Waals surface area (Å²) in [6.45, 7) is 8.67. The third-order valence-electron chi connectivity index (χ3n) is 6.99. The minimum atomic E-state index is -1.54. The number of ether oxygens (including phenoxy) is 2. The molecule has 1 spiro atoms. The van der Waals surface area contributed by atoms with Crippen molar-refractivity contribution in [2.24, 2.45) is 17.3 Å². The van der Waals surface area contributed by atoms with Crippen molar-refractivity contribution in [3.8, 4) is 0 Å². The molecule has 0 aromatic heterocycles. The van der Waals surface area contributed by atoms with E-state index in [2.05, 4.69) is 6.92 Å². The van der Waals surface area contributed by atoms with Crippen LogP contribution in [0.2, 0.25) is 0 Å². The third kappa shape index (κ3) is 2.27. The van der Waals surface area contributed by atoms with E-state index < -0.39 is 22.7 Å². The van der Waals surface area contributed by atoms with E-state index in [9.17, 15) is 9.59 Å². The summed E-state index contributed by atoms with van der Waals surface area (Å²) in [6, 6.07) is 9.93. The van der Waals surface area contributed by atoms with Gasteiger partial charge < -0.3 is 14.4 Å². The highest BCUT2D eigenvalue weighted by Crippen LogP contribution is 2.67. The normalized spacial score (nSPS) is 36.6. The molecule has 0 N–H and O–H groups in total. The van der Waals surface area contributed by atoms with Gasteiger partial charge in [-0.1, -0.05) is 57.5 Å². The zero-order valence-electron chi connectivity index (χ0n) is 16.7. The Balaban J connectivity index is 1.82. The standard InChI is InChI=1S/C22H29NO4/c1-5-26-19(25)22-18(24)23(14-16-9-7-6-8-10-16)21(27-22)13-15(2)11-12-17(21)20(22,3)4/h6-10,15,17H,5,11-14H2,1-4H3/t15-,17+,21+,22-/m0/s1. The molecule has 2 heterocycles. The van der Waals surface area contributed by atoms with Crippen LogP contribution in [-0.2, 0) is 25.6 Å². The van der Waals surface area contributed by atoms with E-state index in [0.717, 1.165) is 24.8 Å². The molecule has 1 aromatic rings. The van der Waals surface area contributed by atoms with E-state index in [0.29, 0.717) is 12.5 Å². The lowest BCUT2D eigenvalue weighted by Crippen LogP contribution is -2.66. The SMILES string of the molecule is CCOC(=O)[C@]12O[C@@]3(C[C@@H](C)CC[C@@H]3C1(C)C)N(Cc1ccccc1)C2=O. The molecule has 4 rings (SSSR count). The Morgan fingerprint density at radius 2 is 1.96 bits per heavy atom. The predicted octanol–water partition coefficient (Wildman–Crippen LogP) is 3.52. The van der Waals surface area contributed by atoms with Gasteiger partial charge in [0.2, 0.25) is 0 Å². The molecule has 1 amide bonds. The Bertz CT molecular complexity index is 761. The van der Waals surface area contributed by atoms with E-state index in [1.165, 1.54) is 0 Å². The first-order chi connectivity index (χ1) is 12.8. The smallest absolute Gasteiger partial charge is 0.349 e. The number of piperidine rings is 1. The molecule has 27 heavy (non-hydrogen) atoms. The molecule has 146 valence electrons. The number of hydrogen-bond donors (Lipinski definition) is 0. The van der Waals surface area contributed by atoms with Crippen molar-refractivity contribution in [2.75, 3.05) is 6.61 Å². The maximum atomic E-state index is 13.7. The second kappa shape index (κ2) is 6.06. The first kappa shape index (κ1) is 18.5. The molecule has 3 aliphatic rings. The van der Waals surface area contributed by atoms with Crippen molar-refractivity contribution in [3.05, 3.63) is 35.9 Å². The van der Waals surface area contributed by atoms with Crippen LogP contribution < -0.4 is 0 Å². The van der Waals surface area contributed by atoms with E-state index in [1.807, 2.05) is 49.1 Å². The van der Waals surface area contributed by atoms with Crippen molar-refractivity contribution in [1.82, 2.24) is 4.90 Å². The number of hydrogen-bond acceptors (Lipinski definition) is 4. The fourth-order valence-electron chi connectivity index (χ4n) is 5.73. The number of carbonyl (C=O) groups excluding carboxylic acids is 2. The van der Waals surface area contributed by atoms with Gasteiger partial charge in [0.05, 0.1) is 6.61 Å². The van der Waals surface area contributed by atoms with E-state index in [1.54, 1.807) is 6.92 Å². The van der Waals surface area contributed by atoms with E-state index >= 15 is 0 Å². The lowest BCUT2D eigenvalue weighted by Gasteiger charge is -2.52. The van der Waals surface area contributed by atoms with Gasteiger partial charge in [-0.05, 0) is 31.2 Å². The molecule has 4 atom stereocenters. The number of carbonyl (C=O) groups is 2. The molecule has 2 aliphatic heterocycles. The Labute approximate surface area is 161 Å². The zero-order valence-corrected chi connectivity index (χ0v) is 16.7. The fraction of sp³-hybridized carbons (Fsp3) is 0.636. The van der Waals surface area contributed by atoms with E-state index in [4.69, 9.17) is 9.47 Å². The maximum Gasteiger partial charge on any atom is 0.349 e. The van der Waals surface area contributed by atoms with Crippen molar-refractivity contribution >= 4 is 11.9 Å². The summed E-state index contributed by atoms with van der Waals surface area (Å²) in [5.41, 5.74) is -1.80. The number of amides is 1. The van der Waals surface area contributed by atoms with Crippen molar-refractivity contribution in [3.63, 3.8) is 0 Å². The predicted molar refractivity (Wildman–Crippen MR) is 100 cm³/mol. The summed E-state index contributed by atoms with van der Waals surface area (Å²) in [5, 5.41) is 0. The summed E-state index contributed by atoms with van der Waals surface area (Å²) >= 11 is 0. The number of esters is 1. The molecule has 1 aliphatic carbocycles. The van der Waals surface area contributed by atoms with Crippen molar-refractivity contribution in [1.29, 1.82) is 0 Å². The monoisotopic (exact) mass is 371 g/mol. The summed E-state index contributed by atoms with van der Waals surface area (Å²) in [5.74, 6) is -0.205. The average molecular weight is 371 g/mol. The number of benzene rings is 1. The highest BCUT2D eigenvalue weighted by molar-refractivity contribution is 6.10. The maximum absolute atomic E-state index is 13.7. The Kier molecular flexibility index (Phi) is 4.15. The summed E-state index contributed by atoms with van der Waals surface area (Å²) in [7, 11) is 0. The van der Waals surface area contributed by atoms with Gasteiger partial charge in [-0.15, -0.1) is 0 Å². The first-order valence-corrected chi connectivity index (χ1v) is 10.0. The highest BCUT2D eigenvalue weighted by atomic mass is 16.6. The van der Waals surface area contributed by atoms with Gasteiger partial charge >= 0.3 is 5.97 Å². The van der Waals surface area contributed by atoms with Crippen LogP contribution in [0.5, 0.6) is 0 Å². The minimum Gasteiger partial charge on any atom is -0.463 e. The van der Waals surface area contributed by atoms with Gasteiger partial charge in [-0.3, -0.25) is 4.79 Å². The second-order valence-electron chi connectivity index (χ2n) is 8.89. The Morgan fingerprint density at radius 3 is 2.63 bits per heavy atom. The summed E-state index contributed by atoms with van der Waals surface area (Å²) in [6.07, 6.45) is 2.81. The molecule has 1 saturated carbocycles. The first-order valence-electron chi connectivity index (χ1n) is 10.0. The molecular weight excluding hydrogens is 342 g/mol. The molecular formula is C22H29NO4. The van der Waals surface area contributed by atoms with Gasteiger partial charge in [0.25, 0.3) is 11.5 Å². The van der Waals surface area contributed by atoms with Gasteiger partial charge in [0, 0.05) is 17.9 Å². The van der Waals surface area contributed by atoms with Crippen LogP contribution >= 0.6 is 0 Å². The molecule has 0 unspecified atom stereocenters. The van der Waals surface area contributed by atoms with Crippen LogP contribution in [0.1, 0.15) is 52.5 Å². The molecule has 5 nitrogen and oxygen atoms in total. The number of nitrogens with zero attached hydrogens (tertiary/aromatic N) is 1. The molecule has 5 heteroatoms. The minimum absolute atomic E-state index is 0.118. The lowest BCUT2D eigenvalue weighted by molar-refractivity contribution is -0.180. The number of rotatable bonds is 4. The summed E-state index contributed by atoms with van der Waals surface area (Å²) < 4.78 is 11.9. The van der Waals surface area contributed by atoms with Crippen LogP contribution in [0, 0.1) is 17.3 Å².